The zero-order valence-electron chi connectivity index (χ0n) is 42.3. The fourth-order valence-electron chi connectivity index (χ4n) is 8.63. The van der Waals surface area contributed by atoms with Crippen molar-refractivity contribution in [3.63, 3.8) is 0 Å². The van der Waals surface area contributed by atoms with E-state index in [1.165, 1.54) is 186 Å². The summed E-state index contributed by atoms with van der Waals surface area (Å²) in [4.78, 5) is 24.5. The average molecular weight is 889 g/mol. The van der Waals surface area contributed by atoms with Gasteiger partial charge in [0.1, 0.15) is 0 Å². The van der Waals surface area contributed by atoms with E-state index in [9.17, 15) is 19.8 Å². The second-order valence-electron chi connectivity index (χ2n) is 19.3. The highest BCUT2D eigenvalue weighted by molar-refractivity contribution is 5.76. The Labute approximate surface area is 392 Å². The summed E-state index contributed by atoms with van der Waals surface area (Å²) in [6.45, 7) is 4.88. The van der Waals surface area contributed by atoms with Crippen molar-refractivity contribution in [1.29, 1.82) is 0 Å². The minimum absolute atomic E-state index is 0.0313. The Morgan fingerprint density at radius 3 is 1.13 bits per heavy atom. The Hall–Kier alpha value is -1.66. The van der Waals surface area contributed by atoms with Crippen LogP contribution in [0.2, 0.25) is 0 Å². The van der Waals surface area contributed by atoms with Crippen LogP contribution in [0, 0.1) is 0 Å². The average Bonchev–Trinajstić information content (AvgIpc) is 3.28. The summed E-state index contributed by atoms with van der Waals surface area (Å²) in [5, 5.41) is 23.2. The molecule has 2 atom stereocenters. The number of rotatable bonds is 52. The van der Waals surface area contributed by atoms with Gasteiger partial charge in [-0.3, -0.25) is 9.59 Å². The largest absolute Gasteiger partial charge is 0.466 e. The topological polar surface area (TPSA) is 95.9 Å². The molecule has 0 fully saturated rings. The number of nitrogens with one attached hydrogen (secondary N) is 1. The van der Waals surface area contributed by atoms with Crippen LogP contribution < -0.4 is 5.32 Å². The second-order valence-corrected chi connectivity index (χ2v) is 19.3. The third-order valence-electron chi connectivity index (χ3n) is 13.0. The van der Waals surface area contributed by atoms with E-state index in [1.807, 2.05) is 0 Å². The van der Waals surface area contributed by atoms with Crippen LogP contribution in [0.3, 0.4) is 0 Å². The first kappa shape index (κ1) is 61.3. The van der Waals surface area contributed by atoms with Crippen molar-refractivity contribution in [3.05, 3.63) is 24.3 Å². The van der Waals surface area contributed by atoms with Crippen molar-refractivity contribution >= 4 is 11.9 Å². The number of aliphatic hydroxyl groups is 2. The zero-order valence-corrected chi connectivity index (χ0v) is 42.3. The fraction of sp³-hybridized carbons (Fsp3) is 0.895. The first-order valence-electron chi connectivity index (χ1n) is 28.1. The van der Waals surface area contributed by atoms with Gasteiger partial charge in [0.05, 0.1) is 25.4 Å². The SMILES string of the molecule is CCCCCCCC/C=C\CCCCCCCCCCCC(=O)OCCCC/C=C\CCCCCCCC(=O)NC(CO)C(O)CCCCCCCCCCCCCCCCCC. The molecule has 0 saturated heterocycles. The molecule has 0 rings (SSSR count). The number of hydrogen-bond donors (Lipinski definition) is 3. The lowest BCUT2D eigenvalue weighted by atomic mass is 10.0. The molecule has 0 aliphatic carbocycles. The van der Waals surface area contributed by atoms with Gasteiger partial charge in [0, 0.05) is 12.8 Å². The van der Waals surface area contributed by atoms with Gasteiger partial charge in [-0.1, -0.05) is 237 Å². The van der Waals surface area contributed by atoms with Crippen LogP contribution in [0.5, 0.6) is 0 Å². The molecule has 0 saturated carbocycles. The molecule has 63 heavy (non-hydrogen) atoms. The maximum atomic E-state index is 12.5. The van der Waals surface area contributed by atoms with Crippen LogP contribution in [0.4, 0.5) is 0 Å². The molecule has 3 N–H and O–H groups in total. The van der Waals surface area contributed by atoms with Crippen molar-refractivity contribution in [3.8, 4) is 0 Å². The van der Waals surface area contributed by atoms with E-state index in [-0.39, 0.29) is 18.5 Å². The van der Waals surface area contributed by atoms with E-state index in [4.69, 9.17) is 4.74 Å². The lowest BCUT2D eigenvalue weighted by Crippen LogP contribution is -2.45. The lowest BCUT2D eigenvalue weighted by molar-refractivity contribution is -0.143. The quantitative estimate of drug-likeness (QED) is 0.0321. The van der Waals surface area contributed by atoms with Crippen LogP contribution >= 0.6 is 0 Å². The minimum atomic E-state index is -0.682. The molecule has 372 valence electrons. The number of amides is 1. The number of unbranched alkanes of at least 4 members (excludes halogenated alkanes) is 37. The lowest BCUT2D eigenvalue weighted by Gasteiger charge is -2.22. The minimum Gasteiger partial charge on any atom is -0.466 e. The molecular formula is C57H109NO5. The number of carbonyl (C=O) groups is 2. The first-order valence-corrected chi connectivity index (χ1v) is 28.1. The molecule has 0 aromatic heterocycles. The Morgan fingerprint density at radius 1 is 0.429 bits per heavy atom. The zero-order chi connectivity index (χ0) is 45.8. The number of hydrogen-bond acceptors (Lipinski definition) is 5. The first-order chi connectivity index (χ1) is 31.0. The van der Waals surface area contributed by atoms with E-state index < -0.39 is 12.1 Å². The second kappa shape index (κ2) is 53.0. The molecule has 6 nitrogen and oxygen atoms in total. The number of aliphatic hydroxyl groups excluding tert-OH is 2. The normalized spacial score (nSPS) is 12.8. The predicted octanol–water partition coefficient (Wildman–Crippen LogP) is 17.1. The molecular weight excluding hydrogens is 779 g/mol. The van der Waals surface area contributed by atoms with Gasteiger partial charge in [-0.15, -0.1) is 0 Å². The van der Waals surface area contributed by atoms with Gasteiger partial charge >= 0.3 is 5.97 Å². The van der Waals surface area contributed by atoms with E-state index in [1.54, 1.807) is 0 Å². The van der Waals surface area contributed by atoms with Crippen LogP contribution in [0.25, 0.3) is 0 Å². The van der Waals surface area contributed by atoms with Crippen molar-refractivity contribution in [2.45, 2.75) is 315 Å². The molecule has 2 unspecified atom stereocenters. The third kappa shape index (κ3) is 49.6. The summed E-state index contributed by atoms with van der Waals surface area (Å²) in [5.74, 6) is -0.0939. The van der Waals surface area contributed by atoms with Crippen LogP contribution in [-0.4, -0.2) is 47.4 Å². The molecule has 0 spiro atoms. The maximum absolute atomic E-state index is 12.5. The van der Waals surface area contributed by atoms with Crippen molar-refractivity contribution < 1.29 is 24.5 Å². The molecule has 0 heterocycles. The van der Waals surface area contributed by atoms with Gasteiger partial charge in [0.2, 0.25) is 5.91 Å². The van der Waals surface area contributed by atoms with Gasteiger partial charge in [0.25, 0.3) is 0 Å². The molecule has 0 aromatic carbocycles. The van der Waals surface area contributed by atoms with Gasteiger partial charge in [-0.05, 0) is 77.0 Å². The van der Waals surface area contributed by atoms with Crippen LogP contribution in [0.1, 0.15) is 303 Å². The van der Waals surface area contributed by atoms with Crippen LogP contribution in [-0.2, 0) is 14.3 Å². The number of allylic oxidation sites excluding steroid dienone is 4. The van der Waals surface area contributed by atoms with Gasteiger partial charge in [-0.25, -0.2) is 0 Å². The molecule has 0 aliphatic rings. The summed E-state index contributed by atoms with van der Waals surface area (Å²) in [5.41, 5.74) is 0. The highest BCUT2D eigenvalue weighted by atomic mass is 16.5. The van der Waals surface area contributed by atoms with Gasteiger partial charge < -0.3 is 20.3 Å². The smallest absolute Gasteiger partial charge is 0.305 e. The summed E-state index contributed by atoms with van der Waals surface area (Å²) >= 11 is 0. The highest BCUT2D eigenvalue weighted by Gasteiger charge is 2.20. The third-order valence-corrected chi connectivity index (χ3v) is 13.0. The van der Waals surface area contributed by atoms with Gasteiger partial charge in [0.15, 0.2) is 0 Å². The van der Waals surface area contributed by atoms with E-state index in [0.717, 1.165) is 83.5 Å². The summed E-state index contributed by atoms with van der Waals surface area (Å²) < 4.78 is 5.45. The number of ether oxygens (including phenoxy) is 1. The molecule has 0 radical (unpaired) electrons. The number of esters is 1. The standard InChI is InChI=1S/C57H109NO5/c1-3-5-7-9-11-13-15-17-19-21-22-23-25-27-31-35-39-43-47-51-57(62)63-52-48-44-40-36-32-28-30-34-38-42-46-50-56(61)58-54(53-59)55(60)49-45-41-37-33-29-26-24-20-18-16-14-12-10-8-6-4-2/h17,19,32,36,54-55,59-60H,3-16,18,20-31,33-35,37-53H2,1-2H3,(H,58,61)/b19-17-,36-32-. The number of carbonyl (C=O) groups excluding carboxylic acids is 2. The van der Waals surface area contributed by atoms with E-state index >= 15 is 0 Å². The molecule has 1 amide bonds. The van der Waals surface area contributed by atoms with Crippen molar-refractivity contribution in [2.75, 3.05) is 13.2 Å². The van der Waals surface area contributed by atoms with Crippen molar-refractivity contribution in [1.82, 2.24) is 5.32 Å². The molecule has 0 aliphatic heterocycles. The highest BCUT2D eigenvalue weighted by Crippen LogP contribution is 2.17. The predicted molar refractivity (Wildman–Crippen MR) is 273 cm³/mol. The van der Waals surface area contributed by atoms with Crippen molar-refractivity contribution in [2.24, 2.45) is 0 Å². The Bertz CT molecular complexity index is 982. The summed E-state index contributed by atoms with van der Waals surface area (Å²) in [6.07, 6.45) is 63.0. The summed E-state index contributed by atoms with van der Waals surface area (Å²) in [6, 6.07) is -0.562. The molecule has 0 bridgehead atoms. The maximum Gasteiger partial charge on any atom is 0.305 e. The fourth-order valence-corrected chi connectivity index (χ4v) is 8.63. The molecule has 0 aromatic rings. The summed E-state index contributed by atoms with van der Waals surface area (Å²) in [7, 11) is 0. The van der Waals surface area contributed by atoms with E-state index in [0.29, 0.717) is 25.9 Å². The Kier molecular flexibility index (Phi) is 51.6. The van der Waals surface area contributed by atoms with Crippen LogP contribution in [0.15, 0.2) is 24.3 Å². The Morgan fingerprint density at radius 2 is 0.746 bits per heavy atom. The molecule has 6 heteroatoms. The van der Waals surface area contributed by atoms with E-state index in [2.05, 4.69) is 43.5 Å². The van der Waals surface area contributed by atoms with Gasteiger partial charge in [-0.2, -0.15) is 0 Å². The monoisotopic (exact) mass is 888 g/mol. The Balaban J connectivity index is 3.49.